The van der Waals surface area contributed by atoms with Crippen molar-refractivity contribution in [3.05, 3.63) is 42.0 Å². The second kappa shape index (κ2) is 5.67. The SMILES string of the molecule is NC(=O)C1CCCCC1C=Cc1ccccc1. The highest BCUT2D eigenvalue weighted by Gasteiger charge is 2.27. The largest absolute Gasteiger partial charge is 0.369 e. The van der Waals surface area contributed by atoms with E-state index in [0.29, 0.717) is 5.92 Å². The molecule has 1 saturated carbocycles. The Kier molecular flexibility index (Phi) is 3.97. The van der Waals surface area contributed by atoms with E-state index < -0.39 is 0 Å². The molecular formula is C15H19NO. The lowest BCUT2D eigenvalue weighted by Crippen LogP contribution is -2.31. The van der Waals surface area contributed by atoms with Crippen molar-refractivity contribution in [3.63, 3.8) is 0 Å². The van der Waals surface area contributed by atoms with Crippen LogP contribution >= 0.6 is 0 Å². The van der Waals surface area contributed by atoms with Crippen LogP contribution in [0.5, 0.6) is 0 Å². The predicted molar refractivity (Wildman–Crippen MR) is 70.1 cm³/mol. The molecular weight excluding hydrogens is 210 g/mol. The van der Waals surface area contributed by atoms with E-state index in [9.17, 15) is 4.79 Å². The quantitative estimate of drug-likeness (QED) is 0.850. The van der Waals surface area contributed by atoms with Crippen LogP contribution < -0.4 is 5.73 Å². The number of benzene rings is 1. The van der Waals surface area contributed by atoms with E-state index in [4.69, 9.17) is 5.73 Å². The molecule has 2 nitrogen and oxygen atoms in total. The molecule has 1 aromatic carbocycles. The molecule has 0 radical (unpaired) electrons. The minimum Gasteiger partial charge on any atom is -0.369 e. The lowest BCUT2D eigenvalue weighted by Gasteiger charge is -2.26. The van der Waals surface area contributed by atoms with Gasteiger partial charge in [0.1, 0.15) is 0 Å². The van der Waals surface area contributed by atoms with Gasteiger partial charge >= 0.3 is 0 Å². The van der Waals surface area contributed by atoms with Crippen molar-refractivity contribution in [1.82, 2.24) is 0 Å². The maximum atomic E-state index is 11.4. The van der Waals surface area contributed by atoms with Crippen molar-refractivity contribution in [3.8, 4) is 0 Å². The van der Waals surface area contributed by atoms with Crippen molar-refractivity contribution in [2.24, 2.45) is 17.6 Å². The molecule has 2 heteroatoms. The van der Waals surface area contributed by atoms with E-state index in [1.54, 1.807) is 0 Å². The van der Waals surface area contributed by atoms with E-state index in [1.165, 1.54) is 12.0 Å². The molecule has 0 aliphatic heterocycles. The molecule has 1 fully saturated rings. The molecule has 2 N–H and O–H groups in total. The van der Waals surface area contributed by atoms with Gasteiger partial charge in [-0.3, -0.25) is 4.79 Å². The van der Waals surface area contributed by atoms with E-state index in [-0.39, 0.29) is 11.8 Å². The third-order valence-corrected chi connectivity index (χ3v) is 3.52. The lowest BCUT2D eigenvalue weighted by atomic mass is 9.78. The molecule has 1 aliphatic carbocycles. The number of rotatable bonds is 3. The van der Waals surface area contributed by atoms with Crippen LogP contribution in [0.2, 0.25) is 0 Å². The molecule has 0 bridgehead atoms. The summed E-state index contributed by atoms with van der Waals surface area (Å²) in [6, 6.07) is 10.2. The Morgan fingerprint density at radius 1 is 1.18 bits per heavy atom. The number of allylic oxidation sites excluding steroid dienone is 1. The Hall–Kier alpha value is -1.57. The Morgan fingerprint density at radius 2 is 1.88 bits per heavy atom. The minimum atomic E-state index is -0.146. The van der Waals surface area contributed by atoms with Gasteiger partial charge in [0.2, 0.25) is 5.91 Å². The molecule has 1 aromatic rings. The van der Waals surface area contributed by atoms with Crippen LogP contribution in [0.15, 0.2) is 36.4 Å². The van der Waals surface area contributed by atoms with Crippen molar-refractivity contribution < 1.29 is 4.79 Å². The first kappa shape index (κ1) is 11.9. The van der Waals surface area contributed by atoms with Gasteiger partial charge < -0.3 is 5.73 Å². The van der Waals surface area contributed by atoms with Crippen molar-refractivity contribution in [2.75, 3.05) is 0 Å². The van der Waals surface area contributed by atoms with Gasteiger partial charge in [-0.05, 0) is 24.3 Å². The molecule has 2 unspecified atom stereocenters. The van der Waals surface area contributed by atoms with Crippen LogP contribution in [0.25, 0.3) is 6.08 Å². The summed E-state index contributed by atoms with van der Waals surface area (Å²) in [5, 5.41) is 0. The number of amides is 1. The molecule has 0 heterocycles. The first-order valence-electron chi connectivity index (χ1n) is 6.30. The van der Waals surface area contributed by atoms with Gasteiger partial charge in [0.25, 0.3) is 0 Å². The number of primary amides is 1. The summed E-state index contributed by atoms with van der Waals surface area (Å²) >= 11 is 0. The zero-order valence-electron chi connectivity index (χ0n) is 10.0. The highest BCUT2D eigenvalue weighted by Crippen LogP contribution is 2.31. The standard InChI is InChI=1S/C15H19NO/c16-15(17)14-9-5-4-8-13(14)11-10-12-6-2-1-3-7-12/h1-3,6-7,10-11,13-14H,4-5,8-9H2,(H2,16,17). The number of carbonyl (C=O) groups is 1. The van der Waals surface area contributed by atoms with E-state index in [1.807, 2.05) is 18.2 Å². The van der Waals surface area contributed by atoms with Gasteiger partial charge in [-0.25, -0.2) is 0 Å². The van der Waals surface area contributed by atoms with Crippen molar-refractivity contribution in [1.29, 1.82) is 0 Å². The van der Waals surface area contributed by atoms with Crippen LogP contribution in [0.1, 0.15) is 31.2 Å². The first-order valence-corrected chi connectivity index (χ1v) is 6.30. The molecule has 2 rings (SSSR count). The van der Waals surface area contributed by atoms with Gasteiger partial charge in [-0.15, -0.1) is 0 Å². The maximum absolute atomic E-state index is 11.4. The highest BCUT2D eigenvalue weighted by atomic mass is 16.1. The molecule has 0 saturated heterocycles. The topological polar surface area (TPSA) is 43.1 Å². The molecule has 90 valence electrons. The third-order valence-electron chi connectivity index (χ3n) is 3.52. The molecule has 1 aliphatic rings. The zero-order valence-corrected chi connectivity index (χ0v) is 10.0. The average Bonchev–Trinajstić information content (AvgIpc) is 2.38. The number of hydrogen-bond acceptors (Lipinski definition) is 1. The fourth-order valence-corrected chi connectivity index (χ4v) is 2.54. The van der Waals surface area contributed by atoms with E-state index in [2.05, 4.69) is 24.3 Å². The summed E-state index contributed by atoms with van der Waals surface area (Å²) in [4.78, 5) is 11.4. The number of carbonyl (C=O) groups excluding carboxylic acids is 1. The van der Waals surface area contributed by atoms with Gasteiger partial charge in [0.15, 0.2) is 0 Å². The normalized spacial score (nSPS) is 24.9. The monoisotopic (exact) mass is 229 g/mol. The van der Waals surface area contributed by atoms with Crippen molar-refractivity contribution >= 4 is 12.0 Å². The minimum absolute atomic E-state index is 0.0312. The average molecular weight is 229 g/mol. The Bertz CT molecular complexity index is 397. The van der Waals surface area contributed by atoms with E-state index >= 15 is 0 Å². The Morgan fingerprint density at radius 3 is 2.59 bits per heavy atom. The zero-order chi connectivity index (χ0) is 12.1. The third kappa shape index (κ3) is 3.19. The summed E-state index contributed by atoms with van der Waals surface area (Å²) in [7, 11) is 0. The second-order valence-electron chi connectivity index (χ2n) is 4.73. The fourth-order valence-electron chi connectivity index (χ4n) is 2.54. The maximum Gasteiger partial charge on any atom is 0.221 e. The molecule has 0 aromatic heterocycles. The lowest BCUT2D eigenvalue weighted by molar-refractivity contribution is -0.123. The van der Waals surface area contributed by atoms with Gasteiger partial charge in [-0.2, -0.15) is 0 Å². The highest BCUT2D eigenvalue weighted by molar-refractivity contribution is 5.77. The van der Waals surface area contributed by atoms with Crippen LogP contribution in [-0.4, -0.2) is 5.91 Å². The predicted octanol–water partition coefficient (Wildman–Crippen LogP) is 2.99. The van der Waals surface area contributed by atoms with E-state index in [0.717, 1.165) is 19.3 Å². The Balaban J connectivity index is 2.06. The fraction of sp³-hybridized carbons (Fsp3) is 0.400. The van der Waals surface area contributed by atoms with Gasteiger partial charge in [-0.1, -0.05) is 55.3 Å². The smallest absolute Gasteiger partial charge is 0.221 e. The van der Waals surface area contributed by atoms with Gasteiger partial charge in [0.05, 0.1) is 0 Å². The number of nitrogens with two attached hydrogens (primary N) is 1. The van der Waals surface area contributed by atoms with Crippen molar-refractivity contribution in [2.45, 2.75) is 25.7 Å². The molecule has 17 heavy (non-hydrogen) atoms. The van der Waals surface area contributed by atoms with Crippen LogP contribution in [0.4, 0.5) is 0 Å². The number of hydrogen-bond donors (Lipinski definition) is 1. The summed E-state index contributed by atoms with van der Waals surface area (Å²) < 4.78 is 0. The molecule has 1 amide bonds. The second-order valence-corrected chi connectivity index (χ2v) is 4.73. The summed E-state index contributed by atoms with van der Waals surface area (Å²) in [6.45, 7) is 0. The molecule has 2 atom stereocenters. The van der Waals surface area contributed by atoms with Crippen LogP contribution in [0, 0.1) is 11.8 Å². The van der Waals surface area contributed by atoms with Crippen LogP contribution in [0.3, 0.4) is 0 Å². The van der Waals surface area contributed by atoms with Gasteiger partial charge in [0, 0.05) is 5.92 Å². The Labute approximate surface area is 103 Å². The summed E-state index contributed by atoms with van der Waals surface area (Å²) in [5.74, 6) is 0.206. The first-order chi connectivity index (χ1) is 8.27. The summed E-state index contributed by atoms with van der Waals surface area (Å²) in [5.41, 5.74) is 6.64. The van der Waals surface area contributed by atoms with Crippen LogP contribution in [-0.2, 0) is 4.79 Å². The summed E-state index contributed by atoms with van der Waals surface area (Å²) in [6.07, 6.45) is 8.61. The molecule has 0 spiro atoms.